The molecule has 1 aromatic rings. The Labute approximate surface area is 113 Å². The van der Waals surface area contributed by atoms with E-state index in [4.69, 9.17) is 9.47 Å². The van der Waals surface area contributed by atoms with Crippen molar-refractivity contribution in [3.8, 4) is 17.6 Å². The third-order valence-electron chi connectivity index (χ3n) is 3.15. The van der Waals surface area contributed by atoms with Crippen LogP contribution in [-0.2, 0) is 6.42 Å². The van der Waals surface area contributed by atoms with Crippen molar-refractivity contribution in [1.82, 2.24) is 5.32 Å². The summed E-state index contributed by atoms with van der Waals surface area (Å²) in [6.07, 6.45) is 2.78. The van der Waals surface area contributed by atoms with Crippen molar-refractivity contribution in [2.24, 2.45) is 0 Å². The average Bonchev–Trinajstić information content (AvgIpc) is 2.77. The number of nitriles is 1. The highest BCUT2D eigenvalue weighted by Crippen LogP contribution is 2.37. The van der Waals surface area contributed by atoms with Crippen LogP contribution in [0.1, 0.15) is 24.1 Å². The second kappa shape index (κ2) is 5.77. The summed E-state index contributed by atoms with van der Waals surface area (Å²) >= 11 is 0. The van der Waals surface area contributed by atoms with Crippen molar-refractivity contribution in [3.63, 3.8) is 0 Å². The molecule has 2 atom stereocenters. The molecule has 2 unspecified atom stereocenters. The van der Waals surface area contributed by atoms with Crippen LogP contribution in [0.3, 0.4) is 0 Å². The molecule has 0 saturated heterocycles. The quantitative estimate of drug-likeness (QED) is 0.824. The monoisotopic (exact) mass is 258 g/mol. The molecule has 100 valence electrons. The van der Waals surface area contributed by atoms with Crippen molar-refractivity contribution in [3.05, 3.63) is 35.9 Å². The van der Waals surface area contributed by atoms with Gasteiger partial charge in [-0.15, -0.1) is 6.58 Å². The van der Waals surface area contributed by atoms with Crippen LogP contribution in [0.4, 0.5) is 0 Å². The minimum Gasteiger partial charge on any atom is -0.496 e. The molecule has 0 spiro atoms. The Balaban J connectivity index is 2.36. The number of hydrogen-bond acceptors (Lipinski definition) is 4. The van der Waals surface area contributed by atoms with Crippen LogP contribution < -0.4 is 14.8 Å². The van der Waals surface area contributed by atoms with Crippen LogP contribution in [0, 0.1) is 11.3 Å². The summed E-state index contributed by atoms with van der Waals surface area (Å²) in [5, 5.41) is 12.4. The second-order valence-corrected chi connectivity index (χ2v) is 4.59. The second-order valence-electron chi connectivity index (χ2n) is 4.59. The van der Waals surface area contributed by atoms with Crippen molar-refractivity contribution in [1.29, 1.82) is 5.26 Å². The van der Waals surface area contributed by atoms with E-state index in [1.807, 2.05) is 19.1 Å². The number of fused-ring (bicyclic) bond motifs is 1. The van der Waals surface area contributed by atoms with E-state index in [0.717, 1.165) is 29.0 Å². The predicted molar refractivity (Wildman–Crippen MR) is 73.3 cm³/mol. The highest BCUT2D eigenvalue weighted by Gasteiger charge is 2.24. The molecule has 1 N–H and O–H groups in total. The van der Waals surface area contributed by atoms with Gasteiger partial charge in [0.2, 0.25) is 0 Å². The first kappa shape index (κ1) is 13.4. The summed E-state index contributed by atoms with van der Waals surface area (Å²) in [7, 11) is 1.62. The lowest BCUT2D eigenvalue weighted by atomic mass is 10.0. The first-order valence-electron chi connectivity index (χ1n) is 6.31. The summed E-state index contributed by atoms with van der Waals surface area (Å²) in [6.45, 7) is 6.24. The van der Waals surface area contributed by atoms with Crippen molar-refractivity contribution < 1.29 is 9.47 Å². The minimum absolute atomic E-state index is 0.177. The third-order valence-corrected chi connectivity index (χ3v) is 3.15. The first-order valence-corrected chi connectivity index (χ1v) is 6.31. The van der Waals surface area contributed by atoms with Gasteiger partial charge < -0.3 is 9.47 Å². The molecular formula is C15H18N2O2. The molecule has 0 bridgehead atoms. The number of nitrogens with one attached hydrogen (secondary N) is 1. The highest BCUT2D eigenvalue weighted by molar-refractivity contribution is 5.51. The molecule has 1 aliphatic heterocycles. The maximum Gasteiger partial charge on any atom is 0.125 e. The van der Waals surface area contributed by atoms with Gasteiger partial charge in [-0.05, 0) is 19.1 Å². The average molecular weight is 258 g/mol. The number of ether oxygens (including phenoxy) is 2. The van der Waals surface area contributed by atoms with Gasteiger partial charge in [0.05, 0.1) is 13.2 Å². The van der Waals surface area contributed by atoms with Crippen molar-refractivity contribution in [2.45, 2.75) is 25.5 Å². The van der Waals surface area contributed by atoms with Crippen LogP contribution in [0.25, 0.3) is 0 Å². The van der Waals surface area contributed by atoms with E-state index < -0.39 is 6.04 Å². The molecule has 4 nitrogen and oxygen atoms in total. The van der Waals surface area contributed by atoms with E-state index in [1.54, 1.807) is 13.2 Å². The Hall–Kier alpha value is -1.99. The molecular weight excluding hydrogens is 240 g/mol. The molecule has 1 aromatic carbocycles. The molecule has 0 radical (unpaired) electrons. The summed E-state index contributed by atoms with van der Waals surface area (Å²) in [6, 6.07) is 5.67. The SMILES string of the molecule is C=CCNC(C#N)c1cc2c(cc1OC)CC(C)O2. The Morgan fingerprint density at radius 1 is 1.68 bits per heavy atom. The summed E-state index contributed by atoms with van der Waals surface area (Å²) < 4.78 is 11.1. The van der Waals surface area contributed by atoms with Gasteiger partial charge in [-0.25, -0.2) is 0 Å². The van der Waals surface area contributed by atoms with E-state index in [2.05, 4.69) is 18.0 Å². The van der Waals surface area contributed by atoms with Crippen LogP contribution in [0.2, 0.25) is 0 Å². The Morgan fingerprint density at radius 3 is 3.11 bits per heavy atom. The van der Waals surface area contributed by atoms with Gasteiger partial charge in [-0.1, -0.05) is 6.08 Å². The highest BCUT2D eigenvalue weighted by atomic mass is 16.5. The zero-order valence-electron chi connectivity index (χ0n) is 11.3. The van der Waals surface area contributed by atoms with Crippen molar-refractivity contribution in [2.75, 3.05) is 13.7 Å². The largest absolute Gasteiger partial charge is 0.496 e. The molecule has 0 aliphatic carbocycles. The normalized spacial score (nSPS) is 18.1. The van der Waals surface area contributed by atoms with Gasteiger partial charge in [-0.3, -0.25) is 5.32 Å². The lowest BCUT2D eigenvalue weighted by Gasteiger charge is -2.16. The van der Waals surface area contributed by atoms with E-state index >= 15 is 0 Å². The molecule has 0 fully saturated rings. The van der Waals surface area contributed by atoms with Gasteiger partial charge in [0.1, 0.15) is 23.6 Å². The zero-order valence-corrected chi connectivity index (χ0v) is 11.3. The Morgan fingerprint density at radius 2 is 2.47 bits per heavy atom. The van der Waals surface area contributed by atoms with Crippen molar-refractivity contribution >= 4 is 0 Å². The van der Waals surface area contributed by atoms with Crippen LogP contribution in [-0.4, -0.2) is 19.8 Å². The fraction of sp³-hybridized carbons (Fsp3) is 0.400. The van der Waals surface area contributed by atoms with Gasteiger partial charge in [0.15, 0.2) is 0 Å². The predicted octanol–water partition coefficient (Wildman–Crippen LogP) is 2.36. The Kier molecular flexibility index (Phi) is 4.08. The molecule has 0 amide bonds. The molecule has 0 saturated carbocycles. The smallest absolute Gasteiger partial charge is 0.125 e. The first-order chi connectivity index (χ1) is 9.19. The lowest BCUT2D eigenvalue weighted by molar-refractivity contribution is 0.254. The molecule has 4 heteroatoms. The maximum absolute atomic E-state index is 9.28. The lowest BCUT2D eigenvalue weighted by Crippen LogP contribution is -2.20. The maximum atomic E-state index is 9.28. The number of benzene rings is 1. The van der Waals surface area contributed by atoms with E-state index in [0.29, 0.717) is 6.54 Å². The standard InChI is InChI=1S/C15H18N2O2/c1-4-5-17-13(9-16)12-8-14-11(6-10(2)19-14)7-15(12)18-3/h4,7-8,10,13,17H,1,5-6H2,2-3H3. The molecule has 19 heavy (non-hydrogen) atoms. The Bertz CT molecular complexity index is 520. The summed E-state index contributed by atoms with van der Waals surface area (Å²) in [4.78, 5) is 0. The number of hydrogen-bond donors (Lipinski definition) is 1. The molecule has 2 rings (SSSR count). The van der Waals surface area contributed by atoms with Gasteiger partial charge in [0.25, 0.3) is 0 Å². The summed E-state index contributed by atoms with van der Waals surface area (Å²) in [5.74, 6) is 1.57. The topological polar surface area (TPSA) is 54.3 Å². The van der Waals surface area contributed by atoms with E-state index in [1.165, 1.54) is 0 Å². The zero-order chi connectivity index (χ0) is 13.8. The number of nitrogens with zero attached hydrogens (tertiary/aromatic N) is 1. The van der Waals surface area contributed by atoms with Crippen LogP contribution >= 0.6 is 0 Å². The minimum atomic E-state index is -0.433. The summed E-state index contributed by atoms with van der Waals surface area (Å²) in [5.41, 5.74) is 1.94. The van der Waals surface area contributed by atoms with Crippen LogP contribution in [0.5, 0.6) is 11.5 Å². The molecule has 1 aliphatic rings. The van der Waals surface area contributed by atoms with Crippen LogP contribution in [0.15, 0.2) is 24.8 Å². The van der Waals surface area contributed by atoms with E-state index in [-0.39, 0.29) is 6.10 Å². The third kappa shape index (κ3) is 2.72. The fourth-order valence-electron chi connectivity index (χ4n) is 2.28. The number of methoxy groups -OCH3 is 1. The number of rotatable bonds is 5. The fourth-order valence-corrected chi connectivity index (χ4v) is 2.28. The molecule has 0 aromatic heterocycles. The van der Waals surface area contributed by atoms with Gasteiger partial charge in [0, 0.05) is 24.1 Å². The van der Waals surface area contributed by atoms with E-state index in [9.17, 15) is 5.26 Å². The van der Waals surface area contributed by atoms with Gasteiger partial charge >= 0.3 is 0 Å². The van der Waals surface area contributed by atoms with Gasteiger partial charge in [-0.2, -0.15) is 5.26 Å². The molecule has 1 heterocycles.